The molecule has 1 spiro atoms. The monoisotopic (exact) mass is 725 g/mol. The number of primary amides is 1. The van der Waals surface area contributed by atoms with Gasteiger partial charge in [-0.2, -0.15) is 0 Å². The number of aromatic nitrogens is 3. The van der Waals surface area contributed by atoms with E-state index < -0.39 is 52.8 Å². The van der Waals surface area contributed by atoms with Gasteiger partial charge < -0.3 is 26.4 Å². The Hall–Kier alpha value is -4.65. The second-order valence-corrected chi connectivity index (χ2v) is 16.6. The Morgan fingerprint density at radius 1 is 0.962 bits per heavy atom. The molecule has 7 rings (SSSR count). The van der Waals surface area contributed by atoms with Crippen molar-refractivity contribution in [1.82, 2.24) is 30.5 Å². The van der Waals surface area contributed by atoms with Gasteiger partial charge >= 0.3 is 0 Å². The molecule has 2 heterocycles. The number of carbonyl (C=O) groups is 5. The molecule has 3 atom stereocenters. The largest absolute Gasteiger partial charge is 0.384 e. The highest BCUT2D eigenvalue weighted by molar-refractivity contribution is 6.39. The summed E-state index contributed by atoms with van der Waals surface area (Å²) in [5.41, 5.74) is 3.78. The molecule has 0 radical (unpaired) electrons. The van der Waals surface area contributed by atoms with Crippen molar-refractivity contribution in [3.05, 3.63) is 59.9 Å². The highest BCUT2D eigenvalue weighted by atomic mass is 16.3. The zero-order valence-corrected chi connectivity index (χ0v) is 30.7. The van der Waals surface area contributed by atoms with Crippen molar-refractivity contribution in [2.45, 2.75) is 127 Å². The summed E-state index contributed by atoms with van der Waals surface area (Å²) in [5, 5.41) is 27.1. The fourth-order valence-corrected chi connectivity index (χ4v) is 9.03. The molecule has 13 nitrogen and oxygen atoms in total. The molecular weight excluding hydrogens is 674 g/mol. The van der Waals surface area contributed by atoms with Gasteiger partial charge in [0.1, 0.15) is 23.2 Å². The minimum absolute atomic E-state index is 0.0518. The Balaban J connectivity index is 1.20. The zero-order valence-electron chi connectivity index (χ0n) is 30.7. The fourth-order valence-electron chi connectivity index (χ4n) is 9.03. The number of amides is 4. The first-order valence-electron chi connectivity index (χ1n) is 19.2. The van der Waals surface area contributed by atoms with Crippen LogP contribution < -0.4 is 16.4 Å². The van der Waals surface area contributed by atoms with Crippen LogP contribution in [0.25, 0.3) is 10.8 Å². The first kappa shape index (κ1) is 36.7. The number of Topliss-reactive ketones (excluding diaryl/α,β-unsaturated/α-hetero) is 1. The SMILES string of the molecule is CC(C)(O)c1cnnn1[C@H]1C[C@@H](C(=O)NC2(C(=O)C(N)=O)CCC3(CC3)CC2)N(C(=O)C(CC2CCCCC2)NC(=O)c2ccc3ccccc3c2)C1. The molecule has 4 fully saturated rings. The topological polar surface area (TPSA) is 190 Å². The molecule has 1 aliphatic heterocycles. The Morgan fingerprint density at radius 3 is 2.30 bits per heavy atom. The summed E-state index contributed by atoms with van der Waals surface area (Å²) in [4.78, 5) is 70.6. The third kappa shape index (κ3) is 7.58. The Bertz CT molecular complexity index is 1900. The number of carbonyl (C=O) groups excluding carboxylic acids is 5. The van der Waals surface area contributed by atoms with Gasteiger partial charge in [-0.25, -0.2) is 4.68 Å². The first-order valence-corrected chi connectivity index (χ1v) is 19.2. The third-order valence-corrected chi connectivity index (χ3v) is 12.5. The quantitative estimate of drug-likeness (QED) is 0.215. The lowest BCUT2D eigenvalue weighted by atomic mass is 9.72. The third-order valence-electron chi connectivity index (χ3n) is 12.5. The van der Waals surface area contributed by atoms with Crippen LogP contribution in [0.2, 0.25) is 0 Å². The lowest BCUT2D eigenvalue weighted by molar-refractivity contribution is -0.146. The molecule has 3 saturated carbocycles. The molecule has 4 aliphatic rings. The first-order chi connectivity index (χ1) is 25.3. The van der Waals surface area contributed by atoms with Crippen LogP contribution in [0.5, 0.6) is 0 Å². The number of rotatable bonds is 11. The minimum atomic E-state index is -1.46. The number of aliphatic hydroxyl groups is 1. The van der Waals surface area contributed by atoms with E-state index >= 15 is 0 Å². The molecule has 0 bridgehead atoms. The molecule has 3 aromatic rings. The summed E-state index contributed by atoms with van der Waals surface area (Å²) in [6.07, 6.45) is 11.2. The normalized spacial score (nSPS) is 23.0. The number of nitrogens with one attached hydrogen (secondary N) is 2. The summed E-state index contributed by atoms with van der Waals surface area (Å²) in [6.45, 7) is 3.28. The van der Waals surface area contributed by atoms with Crippen molar-refractivity contribution in [1.29, 1.82) is 0 Å². The number of hydrogen-bond acceptors (Lipinski definition) is 8. The average molecular weight is 726 g/mol. The van der Waals surface area contributed by atoms with E-state index in [1.54, 1.807) is 24.6 Å². The maximum absolute atomic E-state index is 14.9. The van der Waals surface area contributed by atoms with E-state index in [1.165, 1.54) is 11.1 Å². The van der Waals surface area contributed by atoms with Gasteiger partial charge in [-0.1, -0.05) is 67.6 Å². The van der Waals surface area contributed by atoms with Gasteiger partial charge in [-0.05, 0) is 93.0 Å². The van der Waals surface area contributed by atoms with E-state index in [9.17, 15) is 29.1 Å². The lowest BCUT2D eigenvalue weighted by Gasteiger charge is -2.40. The predicted molar refractivity (Wildman–Crippen MR) is 196 cm³/mol. The van der Waals surface area contributed by atoms with Gasteiger partial charge in [0.05, 0.1) is 17.9 Å². The Kier molecular flexibility index (Phi) is 9.90. The number of nitrogens with zero attached hydrogens (tertiary/aromatic N) is 4. The van der Waals surface area contributed by atoms with Crippen LogP contribution in [0.3, 0.4) is 0 Å². The fraction of sp³-hybridized carbons (Fsp3) is 0.575. The number of benzene rings is 2. The molecule has 5 N–H and O–H groups in total. The number of hydrogen-bond donors (Lipinski definition) is 4. The van der Waals surface area contributed by atoms with Gasteiger partial charge in [0.2, 0.25) is 17.6 Å². The van der Waals surface area contributed by atoms with Gasteiger partial charge in [0.15, 0.2) is 0 Å². The molecule has 282 valence electrons. The van der Waals surface area contributed by atoms with Crippen LogP contribution in [-0.2, 0) is 24.8 Å². The van der Waals surface area contributed by atoms with Crippen molar-refractivity contribution < 1.29 is 29.1 Å². The summed E-state index contributed by atoms with van der Waals surface area (Å²) in [6, 6.07) is 10.6. The molecule has 13 heteroatoms. The van der Waals surface area contributed by atoms with E-state index in [4.69, 9.17) is 5.73 Å². The van der Waals surface area contributed by atoms with Gasteiger partial charge in [0.25, 0.3) is 11.8 Å². The molecule has 1 saturated heterocycles. The maximum atomic E-state index is 14.9. The molecular formula is C40H51N7O6. The van der Waals surface area contributed by atoms with Crippen LogP contribution in [0.15, 0.2) is 48.7 Å². The smallest absolute Gasteiger partial charge is 0.287 e. The van der Waals surface area contributed by atoms with E-state index in [-0.39, 0.29) is 30.2 Å². The number of nitrogens with two attached hydrogens (primary N) is 1. The van der Waals surface area contributed by atoms with Crippen LogP contribution in [0, 0.1) is 11.3 Å². The van der Waals surface area contributed by atoms with E-state index in [0.717, 1.165) is 55.7 Å². The van der Waals surface area contributed by atoms with E-state index in [1.807, 2.05) is 36.4 Å². The number of ketones is 1. The standard InChI is InChI=1S/C40H51N7O6/c1-38(2,53)32-23-42-45-47(32)29-22-31(36(51)44-40(33(48)34(41)49)18-16-39(14-15-39)17-19-40)46(24-29)37(52)30(20-25-8-4-3-5-9-25)43-35(50)28-13-12-26-10-6-7-11-27(26)21-28/h6-7,10-13,21,23,25,29-31,53H,3-5,8-9,14-20,22,24H2,1-2H3,(H2,41,49)(H,43,50)(H,44,51)/t29-,30?,31-/m0/s1. The van der Waals surface area contributed by atoms with Gasteiger partial charge in [0, 0.05) is 18.5 Å². The Morgan fingerprint density at radius 2 is 1.64 bits per heavy atom. The van der Waals surface area contributed by atoms with Crippen molar-refractivity contribution in [2.75, 3.05) is 6.54 Å². The zero-order chi connectivity index (χ0) is 37.5. The van der Waals surface area contributed by atoms with Crippen molar-refractivity contribution in [3.8, 4) is 0 Å². The van der Waals surface area contributed by atoms with E-state index in [0.29, 0.717) is 43.4 Å². The van der Waals surface area contributed by atoms with Crippen LogP contribution in [-0.4, -0.2) is 78.6 Å². The van der Waals surface area contributed by atoms with E-state index in [2.05, 4.69) is 20.9 Å². The Labute approximate surface area is 309 Å². The second kappa shape index (κ2) is 14.3. The molecule has 1 aromatic heterocycles. The summed E-state index contributed by atoms with van der Waals surface area (Å²) >= 11 is 0. The van der Waals surface area contributed by atoms with Crippen molar-refractivity contribution in [2.24, 2.45) is 17.1 Å². The van der Waals surface area contributed by atoms with Crippen LogP contribution in [0.1, 0.15) is 119 Å². The van der Waals surface area contributed by atoms with Gasteiger partial charge in [-0.3, -0.25) is 24.0 Å². The van der Waals surface area contributed by atoms with Crippen LogP contribution >= 0.6 is 0 Å². The maximum Gasteiger partial charge on any atom is 0.287 e. The number of fused-ring (bicyclic) bond motifs is 1. The second-order valence-electron chi connectivity index (χ2n) is 16.6. The molecule has 3 aliphatic carbocycles. The predicted octanol–water partition coefficient (Wildman–Crippen LogP) is 3.83. The van der Waals surface area contributed by atoms with Crippen molar-refractivity contribution >= 4 is 40.2 Å². The lowest BCUT2D eigenvalue weighted by Crippen LogP contribution is -2.63. The molecule has 4 amide bonds. The number of likely N-dealkylation sites (tertiary alicyclic amines) is 1. The summed E-state index contributed by atoms with van der Waals surface area (Å²) < 4.78 is 1.55. The molecule has 53 heavy (non-hydrogen) atoms. The highest BCUT2D eigenvalue weighted by Gasteiger charge is 2.55. The van der Waals surface area contributed by atoms with Gasteiger partial charge in [-0.15, -0.1) is 5.10 Å². The summed E-state index contributed by atoms with van der Waals surface area (Å²) in [5.74, 6) is -3.07. The highest BCUT2D eigenvalue weighted by Crippen LogP contribution is 2.58. The average Bonchev–Trinajstić information content (AvgIpc) is 3.49. The van der Waals surface area contributed by atoms with Crippen molar-refractivity contribution in [3.63, 3.8) is 0 Å². The van der Waals surface area contributed by atoms with Crippen LogP contribution in [0.4, 0.5) is 0 Å². The molecule has 2 aromatic carbocycles. The minimum Gasteiger partial charge on any atom is -0.384 e. The molecule has 1 unspecified atom stereocenters. The summed E-state index contributed by atoms with van der Waals surface area (Å²) in [7, 11) is 0.